The summed E-state index contributed by atoms with van der Waals surface area (Å²) in [4.78, 5) is 2.59. The third-order valence-electron chi connectivity index (χ3n) is 4.17. The first-order chi connectivity index (χ1) is 8.24. The SMILES string of the molecule is CC1CCN(CCNCC2CCC(C)O2)CC1. The van der Waals surface area contributed by atoms with E-state index in [1.165, 1.54) is 45.3 Å². The molecule has 2 aliphatic heterocycles. The molecule has 0 radical (unpaired) electrons. The van der Waals surface area contributed by atoms with Crippen molar-refractivity contribution >= 4 is 0 Å². The summed E-state index contributed by atoms with van der Waals surface area (Å²) in [6.45, 7) is 10.5. The van der Waals surface area contributed by atoms with E-state index in [0.29, 0.717) is 12.2 Å². The van der Waals surface area contributed by atoms with Crippen molar-refractivity contribution in [3.63, 3.8) is 0 Å². The highest BCUT2D eigenvalue weighted by atomic mass is 16.5. The monoisotopic (exact) mass is 240 g/mol. The van der Waals surface area contributed by atoms with Crippen LogP contribution in [0.5, 0.6) is 0 Å². The van der Waals surface area contributed by atoms with Gasteiger partial charge >= 0.3 is 0 Å². The Morgan fingerprint density at radius 2 is 1.88 bits per heavy atom. The normalized spacial score (nSPS) is 32.1. The smallest absolute Gasteiger partial charge is 0.0704 e. The number of hydrogen-bond acceptors (Lipinski definition) is 3. The van der Waals surface area contributed by atoms with Crippen LogP contribution in [0.25, 0.3) is 0 Å². The van der Waals surface area contributed by atoms with Crippen LogP contribution >= 0.6 is 0 Å². The lowest BCUT2D eigenvalue weighted by Crippen LogP contribution is -2.39. The van der Waals surface area contributed by atoms with Gasteiger partial charge in [-0.2, -0.15) is 0 Å². The third kappa shape index (κ3) is 4.57. The Kier molecular flexibility index (Phi) is 5.26. The number of ether oxygens (including phenoxy) is 1. The van der Waals surface area contributed by atoms with E-state index in [1.54, 1.807) is 0 Å². The van der Waals surface area contributed by atoms with Crippen molar-refractivity contribution in [1.29, 1.82) is 0 Å². The highest BCUT2D eigenvalue weighted by Crippen LogP contribution is 2.18. The molecule has 2 unspecified atom stereocenters. The maximum absolute atomic E-state index is 5.79. The summed E-state index contributed by atoms with van der Waals surface area (Å²) in [7, 11) is 0. The molecule has 2 atom stereocenters. The Labute approximate surface area is 106 Å². The second-order valence-corrected chi connectivity index (χ2v) is 5.87. The van der Waals surface area contributed by atoms with E-state index >= 15 is 0 Å². The zero-order valence-electron chi connectivity index (χ0n) is 11.5. The number of nitrogens with one attached hydrogen (secondary N) is 1. The van der Waals surface area contributed by atoms with Gasteiger partial charge < -0.3 is 15.0 Å². The fraction of sp³-hybridized carbons (Fsp3) is 1.00. The summed E-state index contributed by atoms with van der Waals surface area (Å²) >= 11 is 0. The van der Waals surface area contributed by atoms with Crippen LogP contribution in [0.4, 0.5) is 0 Å². The van der Waals surface area contributed by atoms with Gasteiger partial charge in [0.2, 0.25) is 0 Å². The predicted octanol–water partition coefficient (Wildman–Crippen LogP) is 1.88. The van der Waals surface area contributed by atoms with Crippen molar-refractivity contribution in [3.05, 3.63) is 0 Å². The molecule has 0 bridgehead atoms. The molecule has 17 heavy (non-hydrogen) atoms. The Morgan fingerprint density at radius 1 is 1.12 bits per heavy atom. The predicted molar refractivity (Wildman–Crippen MR) is 71.3 cm³/mol. The molecule has 2 heterocycles. The van der Waals surface area contributed by atoms with Gasteiger partial charge in [-0.15, -0.1) is 0 Å². The van der Waals surface area contributed by atoms with Crippen molar-refractivity contribution in [3.8, 4) is 0 Å². The standard InChI is InChI=1S/C14H28N2O/c1-12-5-8-16(9-6-12)10-7-15-11-14-4-3-13(2)17-14/h12-15H,3-11H2,1-2H3. The molecule has 2 rings (SSSR count). The van der Waals surface area contributed by atoms with Gasteiger partial charge in [0.1, 0.15) is 0 Å². The number of piperidine rings is 1. The third-order valence-corrected chi connectivity index (χ3v) is 4.17. The van der Waals surface area contributed by atoms with Crippen LogP contribution in [0.15, 0.2) is 0 Å². The summed E-state index contributed by atoms with van der Waals surface area (Å²) in [6.07, 6.45) is 6.16. The molecule has 0 aromatic carbocycles. The topological polar surface area (TPSA) is 24.5 Å². The first kappa shape index (κ1) is 13.3. The van der Waals surface area contributed by atoms with Crippen molar-refractivity contribution in [2.75, 3.05) is 32.7 Å². The van der Waals surface area contributed by atoms with E-state index in [2.05, 4.69) is 24.1 Å². The molecule has 3 heteroatoms. The molecule has 1 N–H and O–H groups in total. The van der Waals surface area contributed by atoms with Gasteiger partial charge in [0.05, 0.1) is 12.2 Å². The lowest BCUT2D eigenvalue weighted by Gasteiger charge is -2.30. The molecule has 0 amide bonds. The van der Waals surface area contributed by atoms with Crippen molar-refractivity contribution in [2.24, 2.45) is 5.92 Å². The molecule has 3 nitrogen and oxygen atoms in total. The Balaban J connectivity index is 1.49. The average Bonchev–Trinajstić information content (AvgIpc) is 2.73. The molecule has 0 aromatic rings. The minimum Gasteiger partial charge on any atom is -0.374 e. The molecular weight excluding hydrogens is 212 g/mol. The van der Waals surface area contributed by atoms with E-state index in [4.69, 9.17) is 4.74 Å². The van der Waals surface area contributed by atoms with Crippen LogP contribution in [-0.4, -0.2) is 49.8 Å². The summed E-state index contributed by atoms with van der Waals surface area (Å²) in [6, 6.07) is 0. The first-order valence-corrected chi connectivity index (χ1v) is 7.32. The maximum atomic E-state index is 5.79. The van der Waals surface area contributed by atoms with E-state index < -0.39 is 0 Å². The Morgan fingerprint density at radius 3 is 2.53 bits per heavy atom. The average molecular weight is 240 g/mol. The molecule has 0 aliphatic carbocycles. The summed E-state index contributed by atoms with van der Waals surface area (Å²) in [5.41, 5.74) is 0. The molecule has 2 aliphatic rings. The minimum absolute atomic E-state index is 0.464. The minimum atomic E-state index is 0.464. The van der Waals surface area contributed by atoms with Crippen LogP contribution in [0.2, 0.25) is 0 Å². The van der Waals surface area contributed by atoms with Crippen molar-refractivity contribution < 1.29 is 4.74 Å². The number of likely N-dealkylation sites (tertiary alicyclic amines) is 1. The molecule has 0 aromatic heterocycles. The summed E-state index contributed by atoms with van der Waals surface area (Å²) in [5.74, 6) is 0.938. The fourth-order valence-corrected chi connectivity index (χ4v) is 2.82. The summed E-state index contributed by atoms with van der Waals surface area (Å²) in [5, 5.41) is 3.54. The van der Waals surface area contributed by atoms with Crippen LogP contribution in [0, 0.1) is 5.92 Å². The van der Waals surface area contributed by atoms with Crippen LogP contribution in [-0.2, 0) is 4.74 Å². The zero-order chi connectivity index (χ0) is 12.1. The largest absolute Gasteiger partial charge is 0.374 e. The van der Waals surface area contributed by atoms with Crippen molar-refractivity contribution in [1.82, 2.24) is 10.2 Å². The Hall–Kier alpha value is -0.120. The van der Waals surface area contributed by atoms with E-state index in [1.807, 2.05) is 0 Å². The van der Waals surface area contributed by atoms with Gasteiger partial charge in [-0.05, 0) is 51.6 Å². The lowest BCUT2D eigenvalue weighted by atomic mass is 9.99. The lowest BCUT2D eigenvalue weighted by molar-refractivity contribution is 0.0555. The number of rotatable bonds is 5. The van der Waals surface area contributed by atoms with Crippen LogP contribution in [0.1, 0.15) is 39.5 Å². The second kappa shape index (κ2) is 6.72. The highest BCUT2D eigenvalue weighted by Gasteiger charge is 2.21. The van der Waals surface area contributed by atoms with E-state index in [-0.39, 0.29) is 0 Å². The van der Waals surface area contributed by atoms with E-state index in [9.17, 15) is 0 Å². The van der Waals surface area contributed by atoms with Gasteiger partial charge in [-0.25, -0.2) is 0 Å². The highest BCUT2D eigenvalue weighted by molar-refractivity contribution is 4.74. The fourth-order valence-electron chi connectivity index (χ4n) is 2.82. The Bertz CT molecular complexity index is 214. The quantitative estimate of drug-likeness (QED) is 0.743. The number of hydrogen-bond donors (Lipinski definition) is 1. The van der Waals surface area contributed by atoms with Gasteiger partial charge in [-0.3, -0.25) is 0 Å². The van der Waals surface area contributed by atoms with Crippen LogP contribution in [0.3, 0.4) is 0 Å². The first-order valence-electron chi connectivity index (χ1n) is 7.32. The van der Waals surface area contributed by atoms with Crippen molar-refractivity contribution in [2.45, 2.75) is 51.7 Å². The molecule has 100 valence electrons. The van der Waals surface area contributed by atoms with Crippen LogP contribution < -0.4 is 5.32 Å². The zero-order valence-corrected chi connectivity index (χ0v) is 11.5. The molecule has 2 fully saturated rings. The second-order valence-electron chi connectivity index (χ2n) is 5.87. The van der Waals surface area contributed by atoms with Gasteiger partial charge in [0.15, 0.2) is 0 Å². The van der Waals surface area contributed by atoms with Gasteiger partial charge in [0.25, 0.3) is 0 Å². The molecule has 2 saturated heterocycles. The number of nitrogens with zero attached hydrogens (tertiary/aromatic N) is 1. The maximum Gasteiger partial charge on any atom is 0.0704 e. The molecule has 0 saturated carbocycles. The molecule has 0 spiro atoms. The van der Waals surface area contributed by atoms with Gasteiger partial charge in [-0.1, -0.05) is 6.92 Å². The molecular formula is C14H28N2O. The van der Waals surface area contributed by atoms with Gasteiger partial charge in [0, 0.05) is 19.6 Å². The van der Waals surface area contributed by atoms with E-state index in [0.717, 1.165) is 19.0 Å². The summed E-state index contributed by atoms with van der Waals surface area (Å²) < 4.78 is 5.79.